The maximum Gasteiger partial charge on any atom is 0.306 e. The zero-order valence-corrected chi connectivity index (χ0v) is 9.52. The number of fused-ring (bicyclic) bond motifs is 1. The van der Waals surface area contributed by atoms with Crippen LogP contribution in [0.15, 0.2) is 36.5 Å². The second-order valence-corrected chi connectivity index (χ2v) is 4.07. The number of hydrogen-bond acceptors (Lipinski definition) is 4. The number of aliphatic carboxylic acids is 1. The average molecular weight is 247 g/mol. The second-order valence-electron chi connectivity index (χ2n) is 4.07. The van der Waals surface area contributed by atoms with E-state index in [-0.39, 0.29) is 0 Å². The number of carboxylic acid groups (broad SMARTS) is 1. The van der Waals surface area contributed by atoms with Crippen LogP contribution in [-0.2, 0) is 4.79 Å². The Morgan fingerprint density at radius 3 is 2.78 bits per heavy atom. The van der Waals surface area contributed by atoms with E-state index < -0.39 is 24.6 Å². The minimum atomic E-state index is -1.32. The van der Waals surface area contributed by atoms with Crippen LogP contribution in [0.2, 0.25) is 0 Å². The first-order valence-electron chi connectivity index (χ1n) is 5.50. The lowest BCUT2D eigenvalue weighted by molar-refractivity contribution is -0.141. The molecule has 0 aliphatic carbocycles. The summed E-state index contributed by atoms with van der Waals surface area (Å²) in [5.74, 6) is -1.15. The van der Waals surface area contributed by atoms with Crippen LogP contribution in [0.25, 0.3) is 10.9 Å². The number of rotatable bonds is 4. The molecule has 0 spiro atoms. The zero-order chi connectivity index (χ0) is 13.1. The standard InChI is InChI=1S/C13H13NO4/c15-11(7-12(16)17)13(18)9-3-4-10-8(6-9)2-1-5-14-10/h1-6,11,13,15,18H,7H2,(H,16,17). The van der Waals surface area contributed by atoms with Crippen LogP contribution in [0.4, 0.5) is 0 Å². The molecule has 2 atom stereocenters. The first-order valence-corrected chi connectivity index (χ1v) is 5.50. The van der Waals surface area contributed by atoms with Gasteiger partial charge in [-0.3, -0.25) is 9.78 Å². The largest absolute Gasteiger partial charge is 0.481 e. The van der Waals surface area contributed by atoms with E-state index in [1.54, 1.807) is 30.5 Å². The third kappa shape index (κ3) is 2.64. The van der Waals surface area contributed by atoms with Gasteiger partial charge in [-0.05, 0) is 23.8 Å². The van der Waals surface area contributed by atoms with Gasteiger partial charge in [-0.15, -0.1) is 0 Å². The molecule has 5 nitrogen and oxygen atoms in total. The van der Waals surface area contributed by atoms with E-state index in [0.717, 1.165) is 10.9 Å². The predicted octanol–water partition coefficient (Wildman–Crippen LogP) is 1.10. The van der Waals surface area contributed by atoms with Crippen molar-refractivity contribution in [2.24, 2.45) is 0 Å². The minimum absolute atomic E-state index is 0.476. The molecule has 0 saturated carbocycles. The zero-order valence-electron chi connectivity index (χ0n) is 9.52. The van der Waals surface area contributed by atoms with Crippen molar-refractivity contribution in [2.45, 2.75) is 18.6 Å². The molecule has 0 radical (unpaired) electrons. The molecule has 18 heavy (non-hydrogen) atoms. The summed E-state index contributed by atoms with van der Waals surface area (Å²) < 4.78 is 0. The van der Waals surface area contributed by atoms with Crippen molar-refractivity contribution >= 4 is 16.9 Å². The molecule has 5 heteroatoms. The number of carboxylic acids is 1. The maximum atomic E-state index is 10.5. The summed E-state index contributed by atoms with van der Waals surface area (Å²) in [6, 6.07) is 8.65. The second kappa shape index (κ2) is 5.12. The number of aliphatic hydroxyl groups excluding tert-OH is 2. The summed E-state index contributed by atoms with van der Waals surface area (Å²) in [4.78, 5) is 14.6. The van der Waals surface area contributed by atoms with E-state index in [4.69, 9.17) is 5.11 Å². The molecule has 1 aromatic heterocycles. The first-order chi connectivity index (χ1) is 8.58. The lowest BCUT2D eigenvalue weighted by Gasteiger charge is -2.16. The molecule has 2 rings (SSSR count). The molecular formula is C13H13NO4. The number of pyridine rings is 1. The highest BCUT2D eigenvalue weighted by Crippen LogP contribution is 2.22. The SMILES string of the molecule is O=C(O)CC(O)C(O)c1ccc2ncccc2c1. The van der Waals surface area contributed by atoms with Crippen molar-refractivity contribution < 1.29 is 20.1 Å². The van der Waals surface area contributed by atoms with Crippen molar-refractivity contribution in [1.29, 1.82) is 0 Å². The summed E-state index contributed by atoms with van der Waals surface area (Å²) in [5.41, 5.74) is 1.26. The van der Waals surface area contributed by atoms with Crippen LogP contribution in [0.5, 0.6) is 0 Å². The van der Waals surface area contributed by atoms with Gasteiger partial charge in [0.05, 0.1) is 18.0 Å². The Labute approximate surface area is 103 Å². The number of carbonyl (C=O) groups is 1. The first kappa shape index (κ1) is 12.5. The van der Waals surface area contributed by atoms with E-state index >= 15 is 0 Å². The Morgan fingerprint density at radius 2 is 2.06 bits per heavy atom. The number of aliphatic hydroxyl groups is 2. The Kier molecular flexibility index (Phi) is 3.55. The van der Waals surface area contributed by atoms with Gasteiger partial charge < -0.3 is 15.3 Å². The van der Waals surface area contributed by atoms with Gasteiger partial charge in [-0.25, -0.2) is 0 Å². The maximum absolute atomic E-state index is 10.5. The monoisotopic (exact) mass is 247 g/mol. The predicted molar refractivity (Wildman–Crippen MR) is 65.0 cm³/mol. The fourth-order valence-electron chi connectivity index (χ4n) is 1.79. The molecule has 0 saturated heterocycles. The molecule has 0 aliphatic heterocycles. The summed E-state index contributed by atoms with van der Waals surface area (Å²) in [6.07, 6.45) is -1.37. The highest BCUT2D eigenvalue weighted by atomic mass is 16.4. The van der Waals surface area contributed by atoms with Gasteiger partial charge in [-0.1, -0.05) is 12.1 Å². The number of aromatic nitrogens is 1. The Morgan fingerprint density at radius 1 is 1.28 bits per heavy atom. The molecule has 94 valence electrons. The molecule has 0 bridgehead atoms. The van der Waals surface area contributed by atoms with Gasteiger partial charge in [0.1, 0.15) is 6.10 Å². The molecule has 2 aromatic rings. The quantitative estimate of drug-likeness (QED) is 0.752. The van der Waals surface area contributed by atoms with Crippen LogP contribution in [0, 0.1) is 0 Å². The fraction of sp³-hybridized carbons (Fsp3) is 0.231. The molecule has 0 aliphatic rings. The third-order valence-electron chi connectivity index (χ3n) is 2.72. The van der Waals surface area contributed by atoms with Gasteiger partial charge in [0.15, 0.2) is 0 Å². The Hall–Kier alpha value is -1.98. The number of benzene rings is 1. The molecule has 1 heterocycles. The van der Waals surface area contributed by atoms with Gasteiger partial charge in [0.2, 0.25) is 0 Å². The topological polar surface area (TPSA) is 90.7 Å². The molecule has 3 N–H and O–H groups in total. The summed E-state index contributed by atoms with van der Waals surface area (Å²) in [6.45, 7) is 0. The minimum Gasteiger partial charge on any atom is -0.481 e. The Balaban J connectivity index is 2.27. The normalized spacial score (nSPS) is 14.3. The summed E-state index contributed by atoms with van der Waals surface area (Å²) >= 11 is 0. The smallest absolute Gasteiger partial charge is 0.306 e. The van der Waals surface area contributed by atoms with Crippen LogP contribution < -0.4 is 0 Å². The highest BCUT2D eigenvalue weighted by molar-refractivity contribution is 5.79. The molecule has 2 unspecified atom stereocenters. The van der Waals surface area contributed by atoms with E-state index in [9.17, 15) is 15.0 Å². The third-order valence-corrected chi connectivity index (χ3v) is 2.72. The lowest BCUT2D eigenvalue weighted by Crippen LogP contribution is -2.21. The lowest BCUT2D eigenvalue weighted by atomic mass is 10.0. The van der Waals surface area contributed by atoms with Crippen LogP contribution in [0.3, 0.4) is 0 Å². The fourth-order valence-corrected chi connectivity index (χ4v) is 1.79. The van der Waals surface area contributed by atoms with Crippen molar-refractivity contribution in [3.63, 3.8) is 0 Å². The van der Waals surface area contributed by atoms with Crippen molar-refractivity contribution in [2.75, 3.05) is 0 Å². The van der Waals surface area contributed by atoms with Crippen LogP contribution in [-0.4, -0.2) is 32.4 Å². The molecule has 0 fully saturated rings. The Bertz CT molecular complexity index is 570. The number of nitrogens with zero attached hydrogens (tertiary/aromatic N) is 1. The van der Waals surface area contributed by atoms with E-state index in [1.165, 1.54) is 0 Å². The molecular weight excluding hydrogens is 234 g/mol. The van der Waals surface area contributed by atoms with E-state index in [0.29, 0.717) is 5.56 Å². The van der Waals surface area contributed by atoms with Gasteiger partial charge in [0.25, 0.3) is 0 Å². The van der Waals surface area contributed by atoms with Gasteiger partial charge >= 0.3 is 5.97 Å². The summed E-state index contributed by atoms with van der Waals surface area (Å²) in [7, 11) is 0. The van der Waals surface area contributed by atoms with Crippen molar-refractivity contribution in [1.82, 2.24) is 4.98 Å². The van der Waals surface area contributed by atoms with Gasteiger partial charge in [0, 0.05) is 11.6 Å². The number of hydrogen-bond donors (Lipinski definition) is 3. The van der Waals surface area contributed by atoms with E-state index in [2.05, 4.69) is 4.98 Å². The average Bonchev–Trinajstić information content (AvgIpc) is 2.36. The van der Waals surface area contributed by atoms with E-state index in [1.807, 2.05) is 6.07 Å². The molecule has 0 amide bonds. The van der Waals surface area contributed by atoms with Gasteiger partial charge in [-0.2, -0.15) is 0 Å². The summed E-state index contributed by atoms with van der Waals surface area (Å²) in [5, 5.41) is 28.8. The van der Waals surface area contributed by atoms with Crippen LogP contribution in [0.1, 0.15) is 18.1 Å². The van der Waals surface area contributed by atoms with Crippen molar-refractivity contribution in [3.8, 4) is 0 Å². The molecule has 1 aromatic carbocycles. The van der Waals surface area contributed by atoms with Crippen molar-refractivity contribution in [3.05, 3.63) is 42.1 Å². The van der Waals surface area contributed by atoms with Crippen LogP contribution >= 0.6 is 0 Å². The highest BCUT2D eigenvalue weighted by Gasteiger charge is 2.21.